The summed E-state index contributed by atoms with van der Waals surface area (Å²) in [7, 11) is -4.94. The predicted molar refractivity (Wildman–Crippen MR) is 63.2 cm³/mol. The Balaban J connectivity index is 0.000000383. The number of benzene rings is 1. The summed E-state index contributed by atoms with van der Waals surface area (Å²) in [5, 5.41) is 0. The Labute approximate surface area is 126 Å². The standard InChI is InChI=1S/C12H12NO2S.ClHO4/c1-2-7-15-12(14)8-13-9-16-11-6-4-3-5-10(11)13;2-1(3,4)5/h2-6,9H,1,7-8H2;(H,2,3,4,5)/q+1;/p-1. The number of hydrogen-bond acceptors (Lipinski definition) is 7. The van der Waals surface area contributed by atoms with Crippen LogP contribution >= 0.6 is 11.3 Å². The van der Waals surface area contributed by atoms with Crippen molar-refractivity contribution < 1.29 is 43.0 Å². The van der Waals surface area contributed by atoms with E-state index >= 15 is 0 Å². The Morgan fingerprint density at radius 3 is 2.57 bits per heavy atom. The van der Waals surface area contributed by atoms with Gasteiger partial charge in [0.05, 0.1) is 0 Å². The largest absolute Gasteiger partial charge is 0.457 e. The van der Waals surface area contributed by atoms with Crippen LogP contribution in [-0.2, 0) is 16.1 Å². The number of rotatable bonds is 4. The van der Waals surface area contributed by atoms with Crippen molar-refractivity contribution in [3.63, 3.8) is 0 Å². The fraction of sp³-hybridized carbons (Fsp3) is 0.167. The third-order valence-corrected chi connectivity index (χ3v) is 3.10. The molecular weight excluding hydrogens is 322 g/mol. The highest BCUT2D eigenvalue weighted by Crippen LogP contribution is 2.14. The van der Waals surface area contributed by atoms with Crippen LogP contribution in [0.15, 0.2) is 42.4 Å². The molecule has 0 N–H and O–H groups in total. The van der Waals surface area contributed by atoms with Crippen molar-refractivity contribution in [2.75, 3.05) is 6.61 Å². The number of carbonyl (C=O) groups excluding carboxylic acids is 1. The van der Waals surface area contributed by atoms with Crippen LogP contribution in [-0.4, -0.2) is 12.6 Å². The summed E-state index contributed by atoms with van der Waals surface area (Å²) in [4.78, 5) is 11.4. The van der Waals surface area contributed by atoms with Crippen LogP contribution in [0.3, 0.4) is 0 Å². The zero-order valence-electron chi connectivity index (χ0n) is 10.8. The van der Waals surface area contributed by atoms with Crippen LogP contribution < -0.4 is 23.2 Å². The quantitative estimate of drug-likeness (QED) is 0.337. The first kappa shape index (κ1) is 17.5. The average molecular weight is 334 g/mol. The Bertz CT molecular complexity index is 603. The molecule has 0 aliphatic heterocycles. The van der Waals surface area contributed by atoms with Crippen LogP contribution in [0.2, 0.25) is 0 Å². The third-order valence-electron chi connectivity index (χ3n) is 2.14. The molecule has 0 saturated carbocycles. The summed E-state index contributed by atoms with van der Waals surface area (Å²) in [6.07, 6.45) is 1.56. The molecule has 9 heteroatoms. The fourth-order valence-electron chi connectivity index (χ4n) is 1.43. The first-order chi connectivity index (χ1) is 9.81. The van der Waals surface area contributed by atoms with Gasteiger partial charge in [0, 0.05) is 6.07 Å². The molecule has 0 fully saturated rings. The van der Waals surface area contributed by atoms with Crippen LogP contribution in [0.25, 0.3) is 10.2 Å². The monoisotopic (exact) mass is 333 g/mol. The number of hydrogen-bond donors (Lipinski definition) is 0. The summed E-state index contributed by atoms with van der Waals surface area (Å²) >= 11 is 1.61. The number of thiazole rings is 1. The summed E-state index contributed by atoms with van der Waals surface area (Å²) in [6, 6.07) is 7.97. The predicted octanol–water partition coefficient (Wildman–Crippen LogP) is -2.84. The summed E-state index contributed by atoms with van der Waals surface area (Å²) in [5.74, 6) is -0.242. The van der Waals surface area contributed by atoms with Crippen molar-refractivity contribution in [1.82, 2.24) is 0 Å². The smallest absolute Gasteiger partial charge is 0.373 e. The van der Waals surface area contributed by atoms with Gasteiger partial charge in [-0.2, -0.15) is 4.57 Å². The molecule has 0 bridgehead atoms. The van der Waals surface area contributed by atoms with Gasteiger partial charge in [0.25, 0.3) is 0 Å². The van der Waals surface area contributed by atoms with Gasteiger partial charge in [0.15, 0.2) is 0 Å². The number of nitrogens with zero attached hydrogens (tertiary/aromatic N) is 1. The number of carbonyl (C=O) groups is 1. The molecule has 1 aromatic carbocycles. The van der Waals surface area contributed by atoms with Crippen molar-refractivity contribution >= 4 is 27.5 Å². The molecule has 114 valence electrons. The first-order valence-corrected chi connectivity index (χ1v) is 7.66. The Hall–Kier alpha value is -1.55. The number of ether oxygens (including phenoxy) is 1. The normalized spacial score (nSPS) is 10.7. The van der Waals surface area contributed by atoms with E-state index in [4.69, 9.17) is 23.4 Å². The van der Waals surface area contributed by atoms with E-state index in [1.54, 1.807) is 17.4 Å². The highest BCUT2D eigenvalue weighted by atomic mass is 35.7. The lowest BCUT2D eigenvalue weighted by atomic mass is 10.3. The SMILES string of the molecule is C=CCOC(=O)C[n+]1csc2ccccc21.[O-][Cl+3]([O-])([O-])[O-]. The molecule has 0 aliphatic carbocycles. The van der Waals surface area contributed by atoms with E-state index in [1.165, 1.54) is 4.70 Å². The van der Waals surface area contributed by atoms with E-state index in [0.29, 0.717) is 0 Å². The molecule has 0 amide bonds. The lowest BCUT2D eigenvalue weighted by molar-refractivity contribution is -2.00. The van der Waals surface area contributed by atoms with Crippen LogP contribution in [0.1, 0.15) is 0 Å². The molecule has 0 spiro atoms. The molecule has 0 atom stereocenters. The maximum atomic E-state index is 11.4. The molecule has 0 unspecified atom stereocenters. The van der Waals surface area contributed by atoms with E-state index in [-0.39, 0.29) is 19.1 Å². The van der Waals surface area contributed by atoms with Crippen molar-refractivity contribution in [2.24, 2.45) is 0 Å². The van der Waals surface area contributed by atoms with E-state index in [0.717, 1.165) is 5.52 Å². The van der Waals surface area contributed by atoms with Gasteiger partial charge in [-0.25, -0.2) is 23.4 Å². The minimum absolute atomic E-state index is 0.242. The van der Waals surface area contributed by atoms with Crippen molar-refractivity contribution in [1.29, 1.82) is 0 Å². The molecule has 21 heavy (non-hydrogen) atoms. The molecule has 7 nitrogen and oxygen atoms in total. The first-order valence-electron chi connectivity index (χ1n) is 5.55. The Morgan fingerprint density at radius 2 is 1.95 bits per heavy atom. The Kier molecular flexibility index (Phi) is 6.69. The van der Waals surface area contributed by atoms with Gasteiger partial charge in [-0.1, -0.05) is 36.1 Å². The Morgan fingerprint density at radius 1 is 1.33 bits per heavy atom. The molecule has 2 aromatic rings. The molecule has 1 heterocycles. The maximum absolute atomic E-state index is 11.4. The lowest BCUT2D eigenvalue weighted by Crippen LogP contribution is -2.68. The second-order valence-electron chi connectivity index (χ2n) is 3.67. The average Bonchev–Trinajstić information content (AvgIpc) is 2.78. The zero-order valence-corrected chi connectivity index (χ0v) is 12.3. The molecule has 0 aliphatic rings. The molecular formula is C12H12ClNO6S. The highest BCUT2D eigenvalue weighted by Gasteiger charge is 2.15. The van der Waals surface area contributed by atoms with E-state index in [2.05, 4.69) is 6.58 Å². The summed E-state index contributed by atoms with van der Waals surface area (Å²) < 4.78 is 42.0. The molecule has 1 aromatic heterocycles. The number of fused-ring (bicyclic) bond motifs is 1. The minimum Gasteiger partial charge on any atom is -0.457 e. The van der Waals surface area contributed by atoms with Crippen molar-refractivity contribution in [2.45, 2.75) is 6.54 Å². The second kappa shape index (κ2) is 8.03. The van der Waals surface area contributed by atoms with Crippen LogP contribution in [0.5, 0.6) is 0 Å². The zero-order chi connectivity index (χ0) is 15.9. The minimum atomic E-state index is -4.94. The van der Waals surface area contributed by atoms with E-state index in [1.807, 2.05) is 34.3 Å². The number of aromatic nitrogens is 1. The molecule has 0 radical (unpaired) electrons. The van der Waals surface area contributed by atoms with Crippen molar-refractivity contribution in [3.05, 3.63) is 42.4 Å². The topological polar surface area (TPSA) is 122 Å². The maximum Gasteiger partial charge on any atom is 0.373 e. The van der Waals surface area contributed by atoms with Crippen LogP contribution in [0, 0.1) is 10.2 Å². The number of halogens is 1. The van der Waals surface area contributed by atoms with Crippen molar-refractivity contribution in [3.8, 4) is 0 Å². The van der Waals surface area contributed by atoms with Gasteiger partial charge < -0.3 is 4.74 Å². The third kappa shape index (κ3) is 7.14. The number of esters is 1. The lowest BCUT2D eigenvalue weighted by Gasteiger charge is -2.17. The molecule has 0 saturated heterocycles. The van der Waals surface area contributed by atoms with E-state index < -0.39 is 10.2 Å². The van der Waals surface area contributed by atoms with Gasteiger partial charge in [-0.05, 0) is 6.07 Å². The van der Waals surface area contributed by atoms with Gasteiger partial charge in [0.1, 0.15) is 11.3 Å². The molecule has 2 rings (SSSR count). The van der Waals surface area contributed by atoms with E-state index in [9.17, 15) is 4.79 Å². The number of para-hydroxylation sites is 1. The summed E-state index contributed by atoms with van der Waals surface area (Å²) in [5.41, 5.74) is 2.99. The van der Waals surface area contributed by atoms with Gasteiger partial charge >= 0.3 is 5.97 Å². The van der Waals surface area contributed by atoms with Gasteiger partial charge in [-0.15, -0.1) is 10.2 Å². The summed E-state index contributed by atoms with van der Waals surface area (Å²) in [6.45, 7) is 4.01. The fourth-order valence-corrected chi connectivity index (χ4v) is 2.32. The highest BCUT2D eigenvalue weighted by molar-refractivity contribution is 7.16. The van der Waals surface area contributed by atoms with Gasteiger partial charge in [0.2, 0.25) is 17.6 Å². The van der Waals surface area contributed by atoms with Gasteiger partial charge in [-0.3, -0.25) is 0 Å². The second-order valence-corrected chi connectivity index (χ2v) is 5.31. The van der Waals surface area contributed by atoms with Crippen LogP contribution in [0.4, 0.5) is 0 Å².